The van der Waals surface area contributed by atoms with Gasteiger partial charge in [0.2, 0.25) is 0 Å². The quantitative estimate of drug-likeness (QED) is 0.779. The molecule has 1 aromatic rings. The van der Waals surface area contributed by atoms with Gasteiger partial charge in [-0.1, -0.05) is 37.5 Å². The molecule has 0 spiro atoms. The molecule has 1 saturated carbocycles. The molecule has 0 radical (unpaired) electrons. The van der Waals surface area contributed by atoms with Crippen LogP contribution in [0.15, 0.2) is 30.3 Å². The van der Waals surface area contributed by atoms with Gasteiger partial charge >= 0.3 is 5.43 Å². The summed E-state index contributed by atoms with van der Waals surface area (Å²) < 4.78 is 4.54. The third-order valence-corrected chi connectivity index (χ3v) is 2.59. The van der Waals surface area contributed by atoms with Crippen LogP contribution in [-0.4, -0.2) is 16.6 Å². The molecule has 1 fully saturated rings. The maximum atomic E-state index is 10.2. The molecule has 0 heterocycles. The van der Waals surface area contributed by atoms with Crippen molar-refractivity contribution < 1.29 is 14.6 Å². The van der Waals surface area contributed by atoms with Crippen LogP contribution in [0.25, 0.3) is 0 Å². The van der Waals surface area contributed by atoms with Crippen molar-refractivity contribution in [3.8, 4) is 5.75 Å². The van der Waals surface area contributed by atoms with Crippen molar-refractivity contribution in [1.82, 2.24) is 0 Å². The number of aliphatic hydroxyl groups excluding tert-OH is 1. The minimum Gasteiger partial charge on any atom is -0.415 e. The SMILES string of the molecule is O=C(Cl)Oc1ccccc1.OC1CCCCC1. The van der Waals surface area contributed by atoms with Gasteiger partial charge < -0.3 is 9.84 Å². The highest BCUT2D eigenvalue weighted by atomic mass is 35.5. The first-order valence-corrected chi connectivity index (χ1v) is 6.16. The number of hydrogen-bond donors (Lipinski definition) is 1. The Morgan fingerprint density at radius 2 is 1.76 bits per heavy atom. The van der Waals surface area contributed by atoms with Crippen LogP contribution in [0.1, 0.15) is 32.1 Å². The van der Waals surface area contributed by atoms with Crippen LogP contribution in [-0.2, 0) is 0 Å². The van der Waals surface area contributed by atoms with Crippen LogP contribution in [0.2, 0.25) is 0 Å². The second-order valence-corrected chi connectivity index (χ2v) is 4.25. The van der Waals surface area contributed by atoms with Crippen LogP contribution in [0, 0.1) is 0 Å². The zero-order chi connectivity index (χ0) is 12.5. The normalized spacial score (nSPS) is 15.6. The van der Waals surface area contributed by atoms with E-state index in [1.807, 2.05) is 6.07 Å². The summed E-state index contributed by atoms with van der Waals surface area (Å²) in [4.78, 5) is 10.2. The lowest BCUT2D eigenvalue weighted by Crippen LogP contribution is -2.09. The average molecular weight is 257 g/mol. The summed E-state index contributed by atoms with van der Waals surface area (Å²) in [6, 6.07) is 8.65. The van der Waals surface area contributed by atoms with E-state index in [0.29, 0.717) is 5.75 Å². The van der Waals surface area contributed by atoms with Gasteiger partial charge in [-0.05, 0) is 25.0 Å². The van der Waals surface area contributed by atoms with Gasteiger partial charge in [-0.15, -0.1) is 0 Å². The number of rotatable bonds is 1. The third kappa shape index (κ3) is 6.97. The molecule has 2 rings (SSSR count). The molecule has 0 saturated heterocycles. The summed E-state index contributed by atoms with van der Waals surface area (Å²) in [7, 11) is 0. The fourth-order valence-corrected chi connectivity index (χ4v) is 1.75. The Bertz CT molecular complexity index is 321. The molecule has 0 aliphatic heterocycles. The Morgan fingerprint density at radius 1 is 1.18 bits per heavy atom. The van der Waals surface area contributed by atoms with Crippen LogP contribution >= 0.6 is 11.6 Å². The monoisotopic (exact) mass is 256 g/mol. The van der Waals surface area contributed by atoms with E-state index in [4.69, 9.17) is 16.7 Å². The van der Waals surface area contributed by atoms with E-state index < -0.39 is 5.43 Å². The van der Waals surface area contributed by atoms with Crippen molar-refractivity contribution in [2.75, 3.05) is 0 Å². The summed E-state index contributed by atoms with van der Waals surface area (Å²) in [5.41, 5.74) is -0.814. The van der Waals surface area contributed by atoms with E-state index in [-0.39, 0.29) is 6.10 Å². The third-order valence-electron chi connectivity index (χ3n) is 2.52. The van der Waals surface area contributed by atoms with Gasteiger partial charge in [0, 0.05) is 11.6 Å². The van der Waals surface area contributed by atoms with Crippen LogP contribution in [0.3, 0.4) is 0 Å². The zero-order valence-electron chi connectivity index (χ0n) is 9.64. The summed E-state index contributed by atoms with van der Waals surface area (Å²) >= 11 is 4.95. The highest BCUT2D eigenvalue weighted by Gasteiger charge is 2.07. The van der Waals surface area contributed by atoms with Gasteiger partial charge in [-0.25, -0.2) is 4.79 Å². The number of carbonyl (C=O) groups excluding carboxylic acids is 1. The number of halogens is 1. The molecule has 0 atom stereocenters. The lowest BCUT2D eigenvalue weighted by atomic mass is 9.98. The molecule has 0 unspecified atom stereocenters. The zero-order valence-corrected chi connectivity index (χ0v) is 10.4. The second kappa shape index (κ2) is 8.09. The van der Waals surface area contributed by atoms with Crippen molar-refractivity contribution in [1.29, 1.82) is 0 Å². The van der Waals surface area contributed by atoms with Crippen molar-refractivity contribution in [3.63, 3.8) is 0 Å². The van der Waals surface area contributed by atoms with E-state index in [2.05, 4.69) is 4.74 Å². The molecule has 1 aliphatic rings. The molecule has 1 N–H and O–H groups in total. The summed E-state index contributed by atoms with van der Waals surface area (Å²) in [6.07, 6.45) is 5.92. The predicted octanol–water partition coefficient (Wildman–Crippen LogP) is 3.74. The number of benzene rings is 1. The first kappa shape index (κ1) is 14.0. The molecule has 17 heavy (non-hydrogen) atoms. The van der Waals surface area contributed by atoms with Crippen molar-refractivity contribution >= 4 is 17.0 Å². The minimum absolute atomic E-state index is 0.0359. The lowest BCUT2D eigenvalue weighted by Gasteiger charge is -2.14. The lowest BCUT2D eigenvalue weighted by molar-refractivity contribution is 0.130. The van der Waals surface area contributed by atoms with Gasteiger partial charge in [0.15, 0.2) is 0 Å². The van der Waals surface area contributed by atoms with E-state index >= 15 is 0 Å². The van der Waals surface area contributed by atoms with E-state index in [0.717, 1.165) is 12.8 Å². The standard InChI is InChI=1S/C7H5ClO2.C6H12O/c8-7(9)10-6-4-2-1-3-5-6;7-6-4-2-1-3-5-6/h1-5H;6-7H,1-5H2. The highest BCUT2D eigenvalue weighted by molar-refractivity contribution is 6.61. The average Bonchev–Trinajstić information content (AvgIpc) is 2.31. The summed E-state index contributed by atoms with van der Waals surface area (Å²) in [5, 5.41) is 8.91. The molecule has 3 nitrogen and oxygen atoms in total. The number of aliphatic hydroxyl groups is 1. The van der Waals surface area contributed by atoms with Crippen molar-refractivity contribution in [2.45, 2.75) is 38.2 Å². The van der Waals surface area contributed by atoms with Gasteiger partial charge in [0.05, 0.1) is 6.10 Å². The van der Waals surface area contributed by atoms with Gasteiger partial charge in [-0.3, -0.25) is 0 Å². The van der Waals surface area contributed by atoms with E-state index in [1.165, 1.54) is 19.3 Å². The van der Waals surface area contributed by atoms with Crippen LogP contribution in [0.4, 0.5) is 4.79 Å². The van der Waals surface area contributed by atoms with Crippen molar-refractivity contribution in [2.24, 2.45) is 0 Å². The summed E-state index contributed by atoms with van der Waals surface area (Å²) in [5.74, 6) is 0.461. The minimum atomic E-state index is -0.814. The molecule has 0 amide bonds. The Morgan fingerprint density at radius 3 is 2.18 bits per heavy atom. The van der Waals surface area contributed by atoms with Crippen LogP contribution < -0.4 is 4.74 Å². The molecular weight excluding hydrogens is 240 g/mol. The number of ether oxygens (including phenoxy) is 1. The Hall–Kier alpha value is -1.06. The smallest absolute Gasteiger partial charge is 0.409 e. The van der Waals surface area contributed by atoms with E-state index in [1.54, 1.807) is 24.3 Å². The van der Waals surface area contributed by atoms with Crippen LogP contribution in [0.5, 0.6) is 5.75 Å². The number of carbonyl (C=O) groups is 1. The molecule has 4 heteroatoms. The fraction of sp³-hybridized carbons (Fsp3) is 0.462. The number of hydrogen-bond acceptors (Lipinski definition) is 3. The fourth-order valence-electron chi connectivity index (χ4n) is 1.66. The Labute approximate surface area is 106 Å². The maximum Gasteiger partial charge on any atom is 0.409 e. The molecule has 0 aromatic heterocycles. The van der Waals surface area contributed by atoms with E-state index in [9.17, 15) is 4.79 Å². The molecule has 1 aromatic carbocycles. The van der Waals surface area contributed by atoms with Gasteiger partial charge in [-0.2, -0.15) is 0 Å². The first-order valence-electron chi connectivity index (χ1n) is 5.79. The first-order chi connectivity index (χ1) is 8.18. The maximum absolute atomic E-state index is 10.2. The largest absolute Gasteiger partial charge is 0.415 e. The molecule has 1 aliphatic carbocycles. The molecule has 0 bridgehead atoms. The molecular formula is C13H17ClO3. The van der Waals surface area contributed by atoms with Gasteiger partial charge in [0.1, 0.15) is 5.75 Å². The Balaban J connectivity index is 0.000000181. The molecule has 94 valence electrons. The Kier molecular flexibility index (Phi) is 6.67. The summed E-state index contributed by atoms with van der Waals surface area (Å²) in [6.45, 7) is 0. The predicted molar refractivity (Wildman–Crippen MR) is 67.4 cm³/mol. The highest BCUT2D eigenvalue weighted by Crippen LogP contribution is 2.16. The number of para-hydroxylation sites is 1. The second-order valence-electron chi connectivity index (χ2n) is 3.94. The topological polar surface area (TPSA) is 46.5 Å². The van der Waals surface area contributed by atoms with Gasteiger partial charge in [0.25, 0.3) is 0 Å². The van der Waals surface area contributed by atoms with Crippen molar-refractivity contribution in [3.05, 3.63) is 30.3 Å².